The van der Waals surface area contributed by atoms with Crippen molar-refractivity contribution >= 4 is 17.5 Å². The van der Waals surface area contributed by atoms with Gasteiger partial charge in [0.25, 0.3) is 0 Å². The zero-order chi connectivity index (χ0) is 19.1. The van der Waals surface area contributed by atoms with Crippen molar-refractivity contribution in [2.24, 2.45) is 0 Å². The minimum Gasteiger partial charge on any atom is -0.493 e. The highest BCUT2D eigenvalue weighted by atomic mass is 35.5. The Morgan fingerprint density at radius 3 is 2.85 bits per heavy atom. The fraction of sp³-hybridized carbons (Fsp3) is 0.476. The molecule has 1 aliphatic rings. The van der Waals surface area contributed by atoms with Crippen molar-refractivity contribution in [1.82, 2.24) is 5.32 Å². The van der Waals surface area contributed by atoms with Crippen molar-refractivity contribution in [3.63, 3.8) is 0 Å². The lowest BCUT2D eigenvalue weighted by Gasteiger charge is -2.23. The van der Waals surface area contributed by atoms with Crippen LogP contribution in [-0.4, -0.2) is 32.1 Å². The predicted octanol–water partition coefficient (Wildman–Crippen LogP) is 2.94. The third-order valence-electron chi connectivity index (χ3n) is 5.07. The van der Waals surface area contributed by atoms with E-state index in [0.717, 1.165) is 30.2 Å². The van der Waals surface area contributed by atoms with Crippen LogP contribution in [-0.2, 0) is 4.79 Å². The van der Waals surface area contributed by atoms with E-state index in [1.165, 1.54) is 17.7 Å². The number of halogens is 1. The molecule has 146 valence electrons. The Hall–Kier alpha value is -1.98. The molecule has 1 aromatic carbocycles. The van der Waals surface area contributed by atoms with Crippen LogP contribution in [0, 0.1) is 6.92 Å². The van der Waals surface area contributed by atoms with Crippen LogP contribution in [0.2, 0.25) is 5.02 Å². The van der Waals surface area contributed by atoms with Crippen molar-refractivity contribution in [3.8, 4) is 5.75 Å². The first-order valence-electron chi connectivity index (χ1n) is 9.67. The van der Waals surface area contributed by atoms with E-state index in [1.807, 2.05) is 37.3 Å². The summed E-state index contributed by atoms with van der Waals surface area (Å²) in [5.41, 5.74) is 1.00. The molecule has 27 heavy (non-hydrogen) atoms. The molecule has 1 aliphatic heterocycles. The fourth-order valence-corrected chi connectivity index (χ4v) is 3.83. The maximum Gasteiger partial charge on any atom is 0.220 e. The van der Waals surface area contributed by atoms with Crippen LogP contribution < -0.4 is 15.0 Å². The first-order chi connectivity index (χ1) is 13.1. The molecule has 0 radical (unpaired) electrons. The number of quaternary nitrogens is 1. The normalized spacial score (nSPS) is 15.6. The number of nitrogens with one attached hydrogen (secondary N) is 2. The van der Waals surface area contributed by atoms with Gasteiger partial charge in [0.15, 0.2) is 11.8 Å². The van der Waals surface area contributed by atoms with Crippen LogP contribution in [0.25, 0.3) is 0 Å². The van der Waals surface area contributed by atoms with E-state index in [4.69, 9.17) is 20.8 Å². The summed E-state index contributed by atoms with van der Waals surface area (Å²) in [5, 5.41) is 3.77. The van der Waals surface area contributed by atoms with E-state index in [2.05, 4.69) is 5.32 Å². The summed E-state index contributed by atoms with van der Waals surface area (Å²) in [6, 6.07) is 9.66. The van der Waals surface area contributed by atoms with Crippen LogP contribution >= 0.6 is 11.6 Å². The molecule has 1 saturated heterocycles. The summed E-state index contributed by atoms with van der Waals surface area (Å²) in [5.74, 6) is 1.82. The van der Waals surface area contributed by atoms with Gasteiger partial charge in [-0.2, -0.15) is 0 Å². The largest absolute Gasteiger partial charge is 0.493 e. The number of hydrogen-bond donors (Lipinski definition) is 2. The Balaban J connectivity index is 1.40. The molecule has 2 aromatic rings. The van der Waals surface area contributed by atoms with E-state index in [1.54, 1.807) is 6.26 Å². The minimum atomic E-state index is 0.0570. The zero-order valence-electron chi connectivity index (χ0n) is 15.8. The van der Waals surface area contributed by atoms with E-state index >= 15 is 0 Å². The standard InChI is InChI=1S/C21H27ClN2O3/c1-16-14-17(22)8-9-19(16)26-13-5-7-21(25)23-15-18(20-6-4-12-27-20)24-10-2-3-11-24/h4,6,8-9,12,14,18H,2-3,5,7,10-11,13,15H2,1H3,(H,23,25)/p+1/t18-/m1/s1. The molecule has 0 bridgehead atoms. The average Bonchev–Trinajstić information content (AvgIpc) is 3.35. The number of rotatable bonds is 9. The van der Waals surface area contributed by atoms with Gasteiger partial charge in [-0.25, -0.2) is 0 Å². The van der Waals surface area contributed by atoms with Gasteiger partial charge in [0, 0.05) is 24.3 Å². The number of hydrogen-bond acceptors (Lipinski definition) is 3. The van der Waals surface area contributed by atoms with E-state index in [-0.39, 0.29) is 11.9 Å². The van der Waals surface area contributed by atoms with Crippen LogP contribution in [0.1, 0.15) is 43.0 Å². The number of carbonyl (C=O) groups excluding carboxylic acids is 1. The van der Waals surface area contributed by atoms with Crippen molar-refractivity contribution in [3.05, 3.63) is 52.9 Å². The highest BCUT2D eigenvalue weighted by Crippen LogP contribution is 2.21. The number of ether oxygens (including phenoxy) is 1. The molecule has 1 aromatic heterocycles. The summed E-state index contributed by atoms with van der Waals surface area (Å²) < 4.78 is 11.4. The lowest BCUT2D eigenvalue weighted by atomic mass is 10.2. The van der Waals surface area contributed by atoms with Gasteiger partial charge in [0.05, 0.1) is 32.5 Å². The lowest BCUT2D eigenvalue weighted by molar-refractivity contribution is -0.919. The summed E-state index contributed by atoms with van der Waals surface area (Å²) in [6.07, 6.45) is 5.31. The fourth-order valence-electron chi connectivity index (χ4n) is 3.61. The average molecular weight is 392 g/mol. The monoisotopic (exact) mass is 391 g/mol. The first kappa shape index (κ1) is 19.8. The van der Waals surface area contributed by atoms with E-state index in [9.17, 15) is 4.79 Å². The van der Waals surface area contributed by atoms with E-state index < -0.39 is 0 Å². The summed E-state index contributed by atoms with van der Waals surface area (Å²) in [7, 11) is 0. The molecule has 0 spiro atoms. The van der Waals surface area contributed by atoms with Gasteiger partial charge in [-0.1, -0.05) is 11.6 Å². The Labute approximate surface area is 165 Å². The molecular weight excluding hydrogens is 364 g/mol. The van der Waals surface area contributed by atoms with Crippen molar-refractivity contribution < 1.29 is 18.8 Å². The highest BCUT2D eigenvalue weighted by Gasteiger charge is 2.29. The van der Waals surface area contributed by atoms with Gasteiger partial charge in [-0.05, 0) is 49.2 Å². The Morgan fingerprint density at radius 2 is 2.15 bits per heavy atom. The Kier molecular flexibility index (Phi) is 7.18. The van der Waals surface area contributed by atoms with Gasteiger partial charge in [0.1, 0.15) is 5.75 Å². The molecule has 0 aliphatic carbocycles. The molecule has 0 unspecified atom stereocenters. The van der Waals surface area contributed by atoms with Crippen molar-refractivity contribution in [2.75, 3.05) is 26.2 Å². The maximum absolute atomic E-state index is 12.2. The lowest BCUT2D eigenvalue weighted by Crippen LogP contribution is -3.11. The quantitative estimate of drug-likeness (QED) is 0.646. The Bertz CT molecular complexity index is 727. The van der Waals surface area contributed by atoms with E-state index in [0.29, 0.717) is 31.0 Å². The third kappa shape index (κ3) is 5.75. The molecule has 0 saturated carbocycles. The van der Waals surface area contributed by atoms with Gasteiger partial charge >= 0.3 is 0 Å². The number of benzene rings is 1. The van der Waals surface area contributed by atoms with Crippen molar-refractivity contribution in [1.29, 1.82) is 0 Å². The second-order valence-electron chi connectivity index (χ2n) is 7.10. The molecular formula is C21H28ClN2O3+. The molecule has 2 N–H and O–H groups in total. The third-order valence-corrected chi connectivity index (χ3v) is 5.31. The van der Waals surface area contributed by atoms with Crippen LogP contribution in [0.4, 0.5) is 0 Å². The van der Waals surface area contributed by atoms with Crippen molar-refractivity contribution in [2.45, 2.75) is 38.6 Å². The summed E-state index contributed by atoms with van der Waals surface area (Å²) in [6.45, 7) is 5.35. The molecule has 6 heteroatoms. The van der Waals surface area contributed by atoms with Crippen LogP contribution in [0.5, 0.6) is 5.75 Å². The summed E-state index contributed by atoms with van der Waals surface area (Å²) in [4.78, 5) is 13.7. The first-order valence-corrected chi connectivity index (χ1v) is 10.0. The molecule has 1 amide bonds. The molecule has 5 nitrogen and oxygen atoms in total. The van der Waals surface area contributed by atoms with Gasteiger partial charge in [0.2, 0.25) is 5.91 Å². The Morgan fingerprint density at radius 1 is 1.33 bits per heavy atom. The number of likely N-dealkylation sites (tertiary alicyclic amines) is 1. The maximum atomic E-state index is 12.2. The summed E-state index contributed by atoms with van der Waals surface area (Å²) >= 11 is 5.95. The minimum absolute atomic E-state index is 0.0570. The molecule has 3 rings (SSSR count). The smallest absolute Gasteiger partial charge is 0.220 e. The predicted molar refractivity (Wildman–Crippen MR) is 105 cm³/mol. The topological polar surface area (TPSA) is 55.9 Å². The number of aryl methyl sites for hydroxylation is 1. The van der Waals surface area contributed by atoms with Gasteiger partial charge in [-0.3, -0.25) is 4.79 Å². The number of furan rings is 1. The van der Waals surface area contributed by atoms with Gasteiger partial charge < -0.3 is 19.4 Å². The molecule has 2 heterocycles. The molecule has 1 atom stereocenters. The number of carbonyl (C=O) groups is 1. The van der Waals surface area contributed by atoms with Gasteiger partial charge in [-0.15, -0.1) is 0 Å². The number of amides is 1. The van der Waals surface area contributed by atoms with Crippen LogP contribution in [0.3, 0.4) is 0 Å². The highest BCUT2D eigenvalue weighted by molar-refractivity contribution is 6.30. The SMILES string of the molecule is Cc1cc(Cl)ccc1OCCCC(=O)NC[C@H](c1ccco1)[NH+]1CCCC1. The van der Waals surface area contributed by atoms with Crippen LogP contribution in [0.15, 0.2) is 41.0 Å². The second kappa shape index (κ2) is 9.81. The zero-order valence-corrected chi connectivity index (χ0v) is 16.6. The molecule has 1 fully saturated rings. The second-order valence-corrected chi connectivity index (χ2v) is 7.54.